The number of carbonyl (C=O) groups excluding carboxylic acids is 1. The van der Waals surface area contributed by atoms with Crippen LogP contribution in [0.25, 0.3) is 6.08 Å². The highest BCUT2D eigenvalue weighted by atomic mass is 16.1. The third kappa shape index (κ3) is 4.10. The second kappa shape index (κ2) is 7.10. The summed E-state index contributed by atoms with van der Waals surface area (Å²) in [6, 6.07) is 8.53. The molecule has 20 heavy (non-hydrogen) atoms. The van der Waals surface area contributed by atoms with Gasteiger partial charge >= 0.3 is 0 Å². The van der Waals surface area contributed by atoms with Crippen LogP contribution in [0.15, 0.2) is 30.3 Å². The smallest absolute Gasteiger partial charge is 0.209 e. The summed E-state index contributed by atoms with van der Waals surface area (Å²) in [7, 11) is 4.09. The Morgan fingerprint density at radius 1 is 1.10 bits per heavy atom. The monoisotopic (exact) mass is 273 g/mol. The van der Waals surface area contributed by atoms with E-state index in [2.05, 4.69) is 46.2 Å². The van der Waals surface area contributed by atoms with Crippen molar-refractivity contribution in [1.29, 1.82) is 0 Å². The molecule has 1 saturated heterocycles. The molecule has 1 amide bonds. The zero-order valence-corrected chi connectivity index (χ0v) is 12.3. The topological polar surface area (TPSA) is 26.8 Å². The van der Waals surface area contributed by atoms with Gasteiger partial charge < -0.3 is 9.80 Å². The van der Waals surface area contributed by atoms with Crippen LogP contribution in [0.2, 0.25) is 0 Å². The third-order valence-corrected chi connectivity index (χ3v) is 3.64. The molecule has 2 rings (SSSR count). The first-order chi connectivity index (χ1) is 9.69. The van der Waals surface area contributed by atoms with Gasteiger partial charge in [0.1, 0.15) is 0 Å². The van der Waals surface area contributed by atoms with Crippen molar-refractivity contribution in [2.45, 2.75) is 0 Å². The number of piperazine rings is 1. The molecule has 4 nitrogen and oxygen atoms in total. The molecule has 0 aromatic heterocycles. The van der Waals surface area contributed by atoms with Crippen molar-refractivity contribution in [2.24, 2.45) is 0 Å². The number of carbonyl (C=O) groups is 1. The maximum atomic E-state index is 10.6. The third-order valence-electron chi connectivity index (χ3n) is 3.64. The zero-order valence-electron chi connectivity index (χ0n) is 12.3. The van der Waals surface area contributed by atoms with Crippen molar-refractivity contribution >= 4 is 18.2 Å². The molecule has 0 bridgehead atoms. The van der Waals surface area contributed by atoms with Gasteiger partial charge in [-0.2, -0.15) is 0 Å². The Bertz CT molecular complexity index is 445. The van der Waals surface area contributed by atoms with E-state index >= 15 is 0 Å². The average molecular weight is 273 g/mol. The lowest BCUT2D eigenvalue weighted by molar-refractivity contribution is -0.119. The van der Waals surface area contributed by atoms with E-state index in [1.54, 1.807) is 0 Å². The number of anilines is 1. The van der Waals surface area contributed by atoms with Gasteiger partial charge in [0.15, 0.2) is 0 Å². The zero-order chi connectivity index (χ0) is 14.4. The lowest BCUT2D eigenvalue weighted by Gasteiger charge is -2.31. The molecule has 0 saturated carbocycles. The summed E-state index contributed by atoms with van der Waals surface area (Å²) in [5, 5.41) is 0. The molecule has 1 aliphatic heterocycles. The normalized spacial score (nSPS) is 16.6. The van der Waals surface area contributed by atoms with Gasteiger partial charge in [-0.25, -0.2) is 0 Å². The van der Waals surface area contributed by atoms with Gasteiger partial charge in [-0.1, -0.05) is 24.3 Å². The number of amides is 1. The molecule has 1 heterocycles. The largest absolute Gasteiger partial charge is 0.378 e. The van der Waals surface area contributed by atoms with E-state index in [0.717, 1.165) is 39.1 Å². The van der Waals surface area contributed by atoms with Gasteiger partial charge in [0.25, 0.3) is 0 Å². The van der Waals surface area contributed by atoms with Crippen molar-refractivity contribution in [3.63, 3.8) is 0 Å². The molecule has 0 atom stereocenters. The maximum Gasteiger partial charge on any atom is 0.209 e. The fraction of sp³-hybridized carbons (Fsp3) is 0.438. The van der Waals surface area contributed by atoms with Gasteiger partial charge in [-0.3, -0.25) is 9.69 Å². The van der Waals surface area contributed by atoms with Crippen LogP contribution in [-0.4, -0.2) is 63.0 Å². The SMILES string of the molecule is CN(C)c1ccc(C=CCN2CCN(C=O)CC2)cc1. The predicted octanol–water partition coefficient (Wildman–Crippen LogP) is 1.54. The molecule has 0 N–H and O–H groups in total. The maximum absolute atomic E-state index is 10.6. The fourth-order valence-corrected chi connectivity index (χ4v) is 2.27. The number of hydrogen-bond acceptors (Lipinski definition) is 3. The standard InChI is InChI=1S/C16H23N3O/c1-17(2)16-7-5-15(6-8-16)4-3-9-18-10-12-19(14-20)13-11-18/h3-8,14H,9-13H2,1-2H3. The van der Waals surface area contributed by atoms with Crippen molar-refractivity contribution in [1.82, 2.24) is 9.80 Å². The average Bonchev–Trinajstić information content (AvgIpc) is 2.48. The summed E-state index contributed by atoms with van der Waals surface area (Å²) in [5.74, 6) is 0. The second-order valence-corrected chi connectivity index (χ2v) is 5.33. The fourth-order valence-electron chi connectivity index (χ4n) is 2.27. The molecule has 0 unspecified atom stereocenters. The van der Waals surface area contributed by atoms with E-state index in [4.69, 9.17) is 0 Å². The Hall–Kier alpha value is -1.81. The summed E-state index contributed by atoms with van der Waals surface area (Å²) in [5.41, 5.74) is 2.44. The summed E-state index contributed by atoms with van der Waals surface area (Å²) < 4.78 is 0. The Morgan fingerprint density at radius 2 is 1.75 bits per heavy atom. The summed E-state index contributed by atoms with van der Waals surface area (Å²) >= 11 is 0. The highest BCUT2D eigenvalue weighted by Gasteiger charge is 2.13. The van der Waals surface area contributed by atoms with Crippen LogP contribution in [0.3, 0.4) is 0 Å². The van der Waals surface area contributed by atoms with Gasteiger partial charge in [-0.05, 0) is 17.7 Å². The van der Waals surface area contributed by atoms with E-state index in [-0.39, 0.29) is 0 Å². The second-order valence-electron chi connectivity index (χ2n) is 5.33. The quantitative estimate of drug-likeness (QED) is 0.761. The van der Waals surface area contributed by atoms with Crippen LogP contribution in [0.1, 0.15) is 5.56 Å². The van der Waals surface area contributed by atoms with Crippen molar-refractivity contribution in [3.05, 3.63) is 35.9 Å². The number of nitrogens with zero attached hydrogens (tertiary/aromatic N) is 3. The Kier molecular flexibility index (Phi) is 5.18. The van der Waals surface area contributed by atoms with Crippen LogP contribution in [0, 0.1) is 0 Å². The van der Waals surface area contributed by atoms with Crippen molar-refractivity contribution in [3.8, 4) is 0 Å². The molecule has 1 aliphatic rings. The summed E-state index contributed by atoms with van der Waals surface area (Å²) in [4.78, 5) is 16.9. The molecule has 1 aromatic rings. The van der Waals surface area contributed by atoms with E-state index in [1.807, 2.05) is 19.0 Å². The molecule has 0 spiro atoms. The number of hydrogen-bond donors (Lipinski definition) is 0. The van der Waals surface area contributed by atoms with Gasteiger partial charge in [0.2, 0.25) is 6.41 Å². The van der Waals surface area contributed by atoms with Crippen LogP contribution in [0.4, 0.5) is 5.69 Å². The predicted molar refractivity (Wildman–Crippen MR) is 83.9 cm³/mol. The lowest BCUT2D eigenvalue weighted by atomic mass is 10.2. The molecule has 4 heteroatoms. The molecule has 0 radical (unpaired) electrons. The first kappa shape index (κ1) is 14.6. The van der Waals surface area contributed by atoms with Gasteiger partial charge in [-0.15, -0.1) is 0 Å². The molecule has 1 fully saturated rings. The number of benzene rings is 1. The minimum absolute atomic E-state index is 0.842. The van der Waals surface area contributed by atoms with Crippen molar-refractivity contribution < 1.29 is 4.79 Å². The minimum atomic E-state index is 0.842. The lowest BCUT2D eigenvalue weighted by Crippen LogP contribution is -2.45. The van der Waals surface area contributed by atoms with E-state index in [9.17, 15) is 4.79 Å². The highest BCUT2D eigenvalue weighted by Crippen LogP contribution is 2.13. The van der Waals surface area contributed by atoms with E-state index in [1.165, 1.54) is 11.3 Å². The highest BCUT2D eigenvalue weighted by molar-refractivity contribution is 5.55. The molecule has 0 aliphatic carbocycles. The van der Waals surface area contributed by atoms with Crippen LogP contribution in [-0.2, 0) is 4.79 Å². The van der Waals surface area contributed by atoms with Crippen molar-refractivity contribution in [2.75, 3.05) is 51.7 Å². The summed E-state index contributed by atoms with van der Waals surface area (Å²) in [6.07, 6.45) is 5.30. The number of rotatable bonds is 5. The van der Waals surface area contributed by atoms with Gasteiger partial charge in [0.05, 0.1) is 0 Å². The molecular weight excluding hydrogens is 250 g/mol. The van der Waals surface area contributed by atoms with Gasteiger partial charge in [0, 0.05) is 52.5 Å². The van der Waals surface area contributed by atoms with E-state index in [0.29, 0.717) is 0 Å². The molecular formula is C16H23N3O. The van der Waals surface area contributed by atoms with E-state index < -0.39 is 0 Å². The Labute approximate surface area is 121 Å². The van der Waals surface area contributed by atoms with Crippen LogP contribution >= 0.6 is 0 Å². The van der Waals surface area contributed by atoms with Crippen LogP contribution in [0.5, 0.6) is 0 Å². The Balaban J connectivity index is 1.80. The molecule has 108 valence electrons. The minimum Gasteiger partial charge on any atom is -0.378 e. The first-order valence-electron chi connectivity index (χ1n) is 7.04. The Morgan fingerprint density at radius 3 is 2.30 bits per heavy atom. The molecule has 1 aromatic carbocycles. The first-order valence-corrected chi connectivity index (χ1v) is 7.04. The summed E-state index contributed by atoms with van der Waals surface area (Å²) in [6.45, 7) is 4.55. The van der Waals surface area contributed by atoms with Crippen LogP contribution < -0.4 is 4.90 Å².